The van der Waals surface area contributed by atoms with Crippen LogP contribution in [0.25, 0.3) is 22.3 Å². The van der Waals surface area contributed by atoms with Gasteiger partial charge in [-0.2, -0.15) is 0 Å². The van der Waals surface area contributed by atoms with E-state index >= 15 is 0 Å². The van der Waals surface area contributed by atoms with Crippen LogP contribution in [-0.4, -0.2) is 13.0 Å². The van der Waals surface area contributed by atoms with Crippen molar-refractivity contribution >= 4 is 24.7 Å². The fourth-order valence-electron chi connectivity index (χ4n) is 2.61. The van der Waals surface area contributed by atoms with Gasteiger partial charge in [-0.1, -0.05) is 72.8 Å². The summed E-state index contributed by atoms with van der Waals surface area (Å²) in [7, 11) is -2.14. The second-order valence-corrected chi connectivity index (χ2v) is 7.03. The molecule has 0 saturated heterocycles. The van der Waals surface area contributed by atoms with Crippen LogP contribution >= 0.6 is 9.24 Å². The zero-order chi connectivity index (χ0) is 16.4. The maximum atomic E-state index is 12.0. The maximum absolute atomic E-state index is 12.0. The average Bonchev–Trinajstić information content (AvgIpc) is 2.55. The van der Waals surface area contributed by atoms with Crippen LogP contribution in [0.3, 0.4) is 0 Å². The number of benzene rings is 3. The first-order chi connectivity index (χ1) is 11.0. The van der Waals surface area contributed by atoms with Crippen LogP contribution in [-0.2, 0) is 10.1 Å². The van der Waals surface area contributed by atoms with Crippen LogP contribution in [0.5, 0.6) is 0 Å². The van der Waals surface area contributed by atoms with E-state index in [-0.39, 0.29) is 34.5 Å². The van der Waals surface area contributed by atoms with Crippen molar-refractivity contribution in [3.05, 3.63) is 72.8 Å². The summed E-state index contributed by atoms with van der Waals surface area (Å²) in [5.74, 6) is 0. The van der Waals surface area contributed by atoms with Crippen molar-refractivity contribution in [2.45, 2.75) is 4.90 Å². The van der Waals surface area contributed by atoms with Crippen LogP contribution in [0.2, 0.25) is 0 Å². The summed E-state index contributed by atoms with van der Waals surface area (Å²) < 4.78 is 36.0. The first-order valence-electron chi connectivity index (χ1n) is 6.97. The van der Waals surface area contributed by atoms with Crippen LogP contribution < -0.4 is 34.9 Å². The molecule has 116 valence electrons. The molecule has 1 atom stereocenters. The second kappa shape index (κ2) is 7.92. The zero-order valence-electron chi connectivity index (χ0n) is 13.1. The molecular formula is C18H14NaO3PS. The van der Waals surface area contributed by atoms with Gasteiger partial charge in [-0.25, -0.2) is 8.42 Å². The maximum Gasteiger partial charge on any atom is 1.00 e. The van der Waals surface area contributed by atoms with E-state index in [0.29, 0.717) is 27.6 Å². The molecule has 0 aromatic heterocycles. The molecule has 0 N–H and O–H groups in total. The Morgan fingerprint density at radius 2 is 1.25 bits per heavy atom. The molecule has 3 rings (SSSR count). The molecule has 0 aliphatic rings. The molecule has 24 heavy (non-hydrogen) atoms. The molecule has 1 unspecified atom stereocenters. The summed E-state index contributed by atoms with van der Waals surface area (Å²) >= 11 is 0. The molecule has 0 spiro atoms. The molecule has 0 aliphatic carbocycles. The van der Waals surface area contributed by atoms with Gasteiger partial charge in [-0.15, -0.1) is 9.24 Å². The number of hydrogen-bond donors (Lipinski definition) is 0. The largest absolute Gasteiger partial charge is 1.00 e. The normalized spacial score (nSPS) is 10.9. The molecule has 0 amide bonds. The van der Waals surface area contributed by atoms with E-state index in [0.717, 1.165) is 0 Å². The van der Waals surface area contributed by atoms with E-state index in [1.54, 1.807) is 30.3 Å². The number of rotatable bonds is 3. The minimum absolute atomic E-state index is 0. The Hall–Kier alpha value is -1.000. The Morgan fingerprint density at radius 3 is 1.75 bits per heavy atom. The predicted octanol–water partition coefficient (Wildman–Crippen LogP) is 0.429. The van der Waals surface area contributed by atoms with E-state index in [9.17, 15) is 13.0 Å². The van der Waals surface area contributed by atoms with Crippen molar-refractivity contribution in [2.75, 3.05) is 0 Å². The summed E-state index contributed by atoms with van der Waals surface area (Å²) in [6.07, 6.45) is 0. The van der Waals surface area contributed by atoms with E-state index in [1.165, 1.54) is 0 Å². The van der Waals surface area contributed by atoms with Crippen LogP contribution in [0.1, 0.15) is 0 Å². The first-order valence-corrected chi connectivity index (χ1v) is 8.96. The molecule has 0 saturated carbocycles. The molecular weight excluding hydrogens is 350 g/mol. The molecule has 0 aliphatic heterocycles. The summed E-state index contributed by atoms with van der Waals surface area (Å²) in [4.78, 5) is -0.178. The van der Waals surface area contributed by atoms with Gasteiger partial charge in [0.25, 0.3) is 0 Å². The van der Waals surface area contributed by atoms with E-state index in [1.807, 2.05) is 42.5 Å². The standard InChI is InChI=1S/C18H15O3PS.Na/c19-23(20,21)18-15(13-7-3-1-4-8-13)11-12-16(22)17(18)14-9-5-2-6-10-14;/h1-12H,22H2,(H,19,20,21);/q;+1/p-1. The van der Waals surface area contributed by atoms with Crippen molar-refractivity contribution < 1.29 is 42.5 Å². The van der Waals surface area contributed by atoms with Gasteiger partial charge < -0.3 is 4.55 Å². The van der Waals surface area contributed by atoms with Crippen molar-refractivity contribution in [3.63, 3.8) is 0 Å². The minimum Gasteiger partial charge on any atom is -0.744 e. The fourth-order valence-corrected chi connectivity index (χ4v) is 4.06. The molecule has 0 bridgehead atoms. The van der Waals surface area contributed by atoms with E-state index in [4.69, 9.17) is 0 Å². The minimum atomic E-state index is -4.65. The van der Waals surface area contributed by atoms with Crippen LogP contribution in [0.4, 0.5) is 0 Å². The summed E-state index contributed by atoms with van der Waals surface area (Å²) in [6, 6.07) is 21.6. The van der Waals surface area contributed by atoms with Crippen LogP contribution in [0, 0.1) is 0 Å². The Morgan fingerprint density at radius 1 is 0.750 bits per heavy atom. The van der Waals surface area contributed by atoms with Crippen molar-refractivity contribution in [2.24, 2.45) is 0 Å². The smallest absolute Gasteiger partial charge is 0.744 e. The molecule has 3 aromatic carbocycles. The Labute approximate surface area is 166 Å². The third-order valence-corrected chi connectivity index (χ3v) is 4.99. The van der Waals surface area contributed by atoms with Gasteiger partial charge in [0, 0.05) is 5.56 Å². The van der Waals surface area contributed by atoms with Gasteiger partial charge in [-0.3, -0.25) is 0 Å². The van der Waals surface area contributed by atoms with Crippen molar-refractivity contribution in [1.29, 1.82) is 0 Å². The zero-order valence-corrected chi connectivity index (χ0v) is 17.1. The van der Waals surface area contributed by atoms with E-state index < -0.39 is 10.1 Å². The van der Waals surface area contributed by atoms with Gasteiger partial charge in [-0.05, 0) is 22.0 Å². The Bertz CT molecular complexity index is 943. The molecule has 3 nitrogen and oxygen atoms in total. The Balaban J connectivity index is 0.00000208. The molecule has 3 aromatic rings. The molecule has 0 fully saturated rings. The summed E-state index contributed by atoms with van der Waals surface area (Å²) in [6.45, 7) is 0. The van der Waals surface area contributed by atoms with Gasteiger partial charge in [0.2, 0.25) is 0 Å². The van der Waals surface area contributed by atoms with Crippen LogP contribution in [0.15, 0.2) is 77.7 Å². The van der Waals surface area contributed by atoms with E-state index in [2.05, 4.69) is 9.24 Å². The molecule has 6 heteroatoms. The Kier molecular flexibility index (Phi) is 6.38. The van der Waals surface area contributed by atoms with Crippen molar-refractivity contribution in [3.8, 4) is 22.3 Å². The predicted molar refractivity (Wildman–Crippen MR) is 94.6 cm³/mol. The molecule has 0 radical (unpaired) electrons. The number of hydrogen-bond acceptors (Lipinski definition) is 3. The molecule has 0 heterocycles. The first kappa shape index (κ1) is 19.3. The fraction of sp³-hybridized carbons (Fsp3) is 0. The summed E-state index contributed by atoms with van der Waals surface area (Å²) in [5, 5.41) is 0.672. The van der Waals surface area contributed by atoms with Gasteiger partial charge in [0.15, 0.2) is 0 Å². The van der Waals surface area contributed by atoms with Gasteiger partial charge >= 0.3 is 29.6 Å². The topological polar surface area (TPSA) is 57.2 Å². The third kappa shape index (κ3) is 3.97. The van der Waals surface area contributed by atoms with Gasteiger partial charge in [0.05, 0.1) is 4.90 Å². The second-order valence-electron chi connectivity index (χ2n) is 5.09. The SMILES string of the molecule is O=S(=O)([O-])c1c(-c2ccccc2)ccc(P)c1-c1ccccc1.[Na+]. The van der Waals surface area contributed by atoms with Gasteiger partial charge in [0.1, 0.15) is 10.1 Å². The quantitative estimate of drug-likeness (QED) is 0.385. The third-order valence-electron chi connectivity index (χ3n) is 3.59. The summed E-state index contributed by atoms with van der Waals surface area (Å²) in [5.41, 5.74) is 2.26. The van der Waals surface area contributed by atoms with Crippen molar-refractivity contribution in [1.82, 2.24) is 0 Å². The average molecular weight is 364 g/mol. The monoisotopic (exact) mass is 364 g/mol.